The Morgan fingerprint density at radius 1 is 1.07 bits per heavy atom. The first-order valence-corrected chi connectivity index (χ1v) is 10.3. The van der Waals surface area contributed by atoms with E-state index < -0.39 is 5.97 Å². The second kappa shape index (κ2) is 9.23. The van der Waals surface area contributed by atoms with Gasteiger partial charge >= 0.3 is 5.97 Å². The molecule has 0 radical (unpaired) electrons. The fourth-order valence-electron chi connectivity index (χ4n) is 2.75. The van der Waals surface area contributed by atoms with E-state index >= 15 is 0 Å². The van der Waals surface area contributed by atoms with Crippen LogP contribution in [0.3, 0.4) is 0 Å². The molecular formula is C22H19BrN2O4S. The molecule has 3 N–H and O–H groups in total. The van der Waals surface area contributed by atoms with E-state index in [2.05, 4.69) is 40.4 Å². The highest BCUT2D eigenvalue weighted by Crippen LogP contribution is 2.32. The molecular weight excluding hydrogens is 468 g/mol. The lowest BCUT2D eigenvalue weighted by molar-refractivity contribution is 0.0663. The van der Waals surface area contributed by atoms with Gasteiger partial charge in [-0.1, -0.05) is 26.0 Å². The molecule has 154 valence electrons. The molecule has 0 bridgehead atoms. The number of furan rings is 1. The van der Waals surface area contributed by atoms with E-state index in [1.165, 1.54) is 6.07 Å². The van der Waals surface area contributed by atoms with Crippen molar-refractivity contribution in [1.82, 2.24) is 5.32 Å². The maximum absolute atomic E-state index is 12.4. The first kappa shape index (κ1) is 21.7. The van der Waals surface area contributed by atoms with E-state index in [1.54, 1.807) is 36.4 Å². The van der Waals surface area contributed by atoms with Crippen molar-refractivity contribution in [2.24, 2.45) is 0 Å². The summed E-state index contributed by atoms with van der Waals surface area (Å²) in [4.78, 5) is 23.4. The summed E-state index contributed by atoms with van der Waals surface area (Å²) in [5.41, 5.74) is 3.01. The number of anilines is 1. The Bertz CT molecular complexity index is 1110. The van der Waals surface area contributed by atoms with Gasteiger partial charge in [0.2, 0.25) is 5.76 Å². The standard InChI is InChI=1S/C22H19BrN2O4S/c1-12(2)13-3-5-14(6-4-13)20(26)25-22(30)24-15-7-8-16(17(23)11-15)18-9-10-19(29-18)21(27)28/h3-12H,1-2H3,(H,27,28)(H2,24,25,26,30). The molecule has 6 nitrogen and oxygen atoms in total. The van der Waals surface area contributed by atoms with Crippen LogP contribution in [0.5, 0.6) is 0 Å². The second-order valence-electron chi connectivity index (χ2n) is 6.85. The van der Waals surface area contributed by atoms with Gasteiger partial charge in [-0.3, -0.25) is 10.1 Å². The molecule has 8 heteroatoms. The molecule has 0 unspecified atom stereocenters. The minimum absolute atomic E-state index is 0.135. The summed E-state index contributed by atoms with van der Waals surface area (Å²) in [6.07, 6.45) is 0. The number of halogens is 1. The average molecular weight is 487 g/mol. The quantitative estimate of drug-likeness (QED) is 0.403. The topological polar surface area (TPSA) is 91.6 Å². The van der Waals surface area contributed by atoms with Crippen LogP contribution in [-0.4, -0.2) is 22.1 Å². The minimum Gasteiger partial charge on any atom is -0.475 e. The first-order valence-electron chi connectivity index (χ1n) is 9.10. The van der Waals surface area contributed by atoms with Crippen LogP contribution in [0.1, 0.15) is 46.2 Å². The molecule has 0 aliphatic carbocycles. The molecule has 0 atom stereocenters. The van der Waals surface area contributed by atoms with E-state index in [0.717, 1.165) is 5.56 Å². The van der Waals surface area contributed by atoms with E-state index in [4.69, 9.17) is 21.7 Å². The van der Waals surface area contributed by atoms with Gasteiger partial charge in [0.15, 0.2) is 5.11 Å². The molecule has 1 aromatic heterocycles. The third-order valence-corrected chi connectivity index (χ3v) is 5.24. The van der Waals surface area contributed by atoms with Crippen molar-refractivity contribution in [3.63, 3.8) is 0 Å². The molecule has 0 fully saturated rings. The Kier molecular flexibility index (Phi) is 6.69. The van der Waals surface area contributed by atoms with Crippen molar-refractivity contribution in [3.8, 4) is 11.3 Å². The number of benzene rings is 2. The normalized spacial score (nSPS) is 10.7. The van der Waals surface area contributed by atoms with Crippen LogP contribution < -0.4 is 10.6 Å². The third kappa shape index (κ3) is 5.14. The molecule has 2 aromatic carbocycles. The third-order valence-electron chi connectivity index (χ3n) is 4.38. The zero-order chi connectivity index (χ0) is 21.8. The number of nitrogens with one attached hydrogen (secondary N) is 2. The number of carbonyl (C=O) groups is 2. The Labute approximate surface area is 187 Å². The lowest BCUT2D eigenvalue weighted by Crippen LogP contribution is -2.34. The molecule has 3 rings (SSSR count). The predicted octanol–water partition coefficient (Wildman–Crippen LogP) is 5.66. The molecule has 0 aliphatic rings. The number of aromatic carboxylic acids is 1. The Morgan fingerprint density at radius 3 is 2.33 bits per heavy atom. The van der Waals surface area contributed by atoms with Crippen LogP contribution in [0.4, 0.5) is 5.69 Å². The predicted molar refractivity (Wildman–Crippen MR) is 123 cm³/mol. The molecule has 0 saturated heterocycles. The minimum atomic E-state index is -1.13. The molecule has 3 aromatic rings. The number of rotatable bonds is 5. The van der Waals surface area contributed by atoms with E-state index in [-0.39, 0.29) is 16.8 Å². The van der Waals surface area contributed by atoms with E-state index in [0.29, 0.717) is 33.0 Å². The number of hydrogen-bond donors (Lipinski definition) is 3. The number of amides is 1. The van der Waals surface area contributed by atoms with Crippen molar-refractivity contribution in [1.29, 1.82) is 0 Å². The highest BCUT2D eigenvalue weighted by atomic mass is 79.9. The van der Waals surface area contributed by atoms with Gasteiger partial charge in [0.05, 0.1) is 0 Å². The average Bonchev–Trinajstić information content (AvgIpc) is 3.18. The smallest absolute Gasteiger partial charge is 0.371 e. The lowest BCUT2D eigenvalue weighted by atomic mass is 10.0. The zero-order valence-corrected chi connectivity index (χ0v) is 18.6. The maximum atomic E-state index is 12.4. The maximum Gasteiger partial charge on any atom is 0.371 e. The number of hydrogen-bond acceptors (Lipinski definition) is 4. The first-order chi connectivity index (χ1) is 14.2. The molecule has 30 heavy (non-hydrogen) atoms. The van der Waals surface area contributed by atoms with Crippen LogP contribution in [0.15, 0.2) is 63.5 Å². The highest BCUT2D eigenvalue weighted by molar-refractivity contribution is 9.10. The van der Waals surface area contributed by atoms with Gasteiger partial charge in [-0.25, -0.2) is 4.79 Å². The van der Waals surface area contributed by atoms with Crippen molar-refractivity contribution in [3.05, 3.63) is 76.0 Å². The zero-order valence-electron chi connectivity index (χ0n) is 16.2. The number of carboxylic acid groups (broad SMARTS) is 1. The summed E-state index contributed by atoms with van der Waals surface area (Å²) in [5.74, 6) is -0.745. The van der Waals surface area contributed by atoms with Crippen LogP contribution in [0.2, 0.25) is 0 Å². The molecule has 0 saturated carbocycles. The summed E-state index contributed by atoms with van der Waals surface area (Å²) in [5, 5.41) is 14.8. The number of carboxylic acids is 1. The second-order valence-corrected chi connectivity index (χ2v) is 8.11. The lowest BCUT2D eigenvalue weighted by Gasteiger charge is -2.12. The largest absolute Gasteiger partial charge is 0.475 e. The van der Waals surface area contributed by atoms with Crippen molar-refractivity contribution < 1.29 is 19.1 Å². The van der Waals surface area contributed by atoms with Crippen LogP contribution >= 0.6 is 28.1 Å². The summed E-state index contributed by atoms with van der Waals surface area (Å²) in [6, 6.07) is 15.6. The van der Waals surface area contributed by atoms with Crippen molar-refractivity contribution in [2.45, 2.75) is 19.8 Å². The monoisotopic (exact) mass is 486 g/mol. The van der Waals surface area contributed by atoms with Gasteiger partial charge in [-0.15, -0.1) is 0 Å². The summed E-state index contributed by atoms with van der Waals surface area (Å²) >= 11 is 8.69. The number of thiocarbonyl (C=S) groups is 1. The van der Waals surface area contributed by atoms with Gasteiger partial charge in [0.25, 0.3) is 5.91 Å². The Balaban J connectivity index is 1.65. The van der Waals surface area contributed by atoms with Gasteiger partial charge in [0, 0.05) is 21.3 Å². The summed E-state index contributed by atoms with van der Waals surface area (Å²) < 4.78 is 6.00. The highest BCUT2D eigenvalue weighted by Gasteiger charge is 2.14. The molecule has 1 amide bonds. The molecule has 0 aliphatic heterocycles. The van der Waals surface area contributed by atoms with E-state index in [9.17, 15) is 9.59 Å². The molecule has 1 heterocycles. The Morgan fingerprint density at radius 2 is 1.77 bits per heavy atom. The Hall–Kier alpha value is -2.97. The van der Waals surface area contributed by atoms with Gasteiger partial charge in [0.1, 0.15) is 5.76 Å². The van der Waals surface area contributed by atoms with E-state index in [1.807, 2.05) is 12.1 Å². The van der Waals surface area contributed by atoms with Gasteiger partial charge < -0.3 is 14.8 Å². The van der Waals surface area contributed by atoms with Crippen molar-refractivity contribution in [2.75, 3.05) is 5.32 Å². The number of carbonyl (C=O) groups excluding carboxylic acids is 1. The molecule has 0 spiro atoms. The van der Waals surface area contributed by atoms with Crippen LogP contribution in [0.25, 0.3) is 11.3 Å². The fourth-order valence-corrected chi connectivity index (χ4v) is 3.53. The van der Waals surface area contributed by atoms with Crippen molar-refractivity contribution >= 4 is 50.8 Å². The van der Waals surface area contributed by atoms with Crippen LogP contribution in [-0.2, 0) is 0 Å². The summed E-state index contributed by atoms with van der Waals surface area (Å²) in [6.45, 7) is 4.18. The summed E-state index contributed by atoms with van der Waals surface area (Å²) in [7, 11) is 0. The van der Waals surface area contributed by atoms with Gasteiger partial charge in [-0.05, 0) is 82.1 Å². The van der Waals surface area contributed by atoms with Gasteiger partial charge in [-0.2, -0.15) is 0 Å². The fraction of sp³-hybridized carbons (Fsp3) is 0.136. The SMILES string of the molecule is CC(C)c1ccc(C(=O)NC(=S)Nc2ccc(-c3ccc(C(=O)O)o3)c(Br)c2)cc1. The van der Waals surface area contributed by atoms with Crippen LogP contribution in [0, 0.1) is 0 Å².